The van der Waals surface area contributed by atoms with Crippen molar-refractivity contribution in [1.29, 1.82) is 0 Å². The number of nitrogens with one attached hydrogen (secondary N) is 1. The molecule has 2 aromatic rings. The van der Waals surface area contributed by atoms with Crippen molar-refractivity contribution in [3.05, 3.63) is 42.0 Å². The molecule has 110 valence electrons. The van der Waals surface area contributed by atoms with E-state index in [2.05, 4.69) is 36.2 Å². The van der Waals surface area contributed by atoms with Crippen molar-refractivity contribution < 1.29 is 4.79 Å². The van der Waals surface area contributed by atoms with E-state index in [9.17, 15) is 4.79 Å². The fourth-order valence-electron chi connectivity index (χ4n) is 2.34. The van der Waals surface area contributed by atoms with Crippen molar-refractivity contribution >= 4 is 11.6 Å². The molecule has 3 rings (SSSR count). The zero-order valence-electron chi connectivity index (χ0n) is 12.6. The van der Waals surface area contributed by atoms with Crippen LogP contribution in [0.2, 0.25) is 0 Å². The maximum absolute atomic E-state index is 12.3. The number of carbonyl (C=O) groups is 1. The van der Waals surface area contributed by atoms with Gasteiger partial charge in [0.15, 0.2) is 5.69 Å². The molecule has 0 bridgehead atoms. The molecule has 1 aliphatic carbocycles. The van der Waals surface area contributed by atoms with Crippen LogP contribution in [0.25, 0.3) is 0 Å². The molecule has 1 saturated carbocycles. The van der Waals surface area contributed by atoms with Crippen LogP contribution in [0.15, 0.2) is 30.6 Å². The van der Waals surface area contributed by atoms with E-state index in [1.807, 2.05) is 10.7 Å². The average molecular weight is 284 g/mol. The minimum Gasteiger partial charge on any atom is -0.320 e. The van der Waals surface area contributed by atoms with Gasteiger partial charge in [0.25, 0.3) is 5.91 Å². The quantitative estimate of drug-likeness (QED) is 0.941. The molecule has 5 nitrogen and oxygen atoms in total. The SMILES string of the molecule is CC(C)(C)n1nc(C(=O)Nc2ccncc2)cc1C1CC1. The van der Waals surface area contributed by atoms with Gasteiger partial charge in [-0.15, -0.1) is 0 Å². The van der Waals surface area contributed by atoms with Gasteiger partial charge in [0.2, 0.25) is 0 Å². The van der Waals surface area contributed by atoms with Gasteiger partial charge in [-0.2, -0.15) is 5.10 Å². The summed E-state index contributed by atoms with van der Waals surface area (Å²) < 4.78 is 1.99. The van der Waals surface area contributed by atoms with Crippen LogP contribution in [0.3, 0.4) is 0 Å². The highest BCUT2D eigenvalue weighted by Crippen LogP contribution is 2.41. The third-order valence-corrected chi connectivity index (χ3v) is 3.54. The van der Waals surface area contributed by atoms with Crippen LogP contribution in [0.5, 0.6) is 0 Å². The summed E-state index contributed by atoms with van der Waals surface area (Å²) in [5.74, 6) is 0.380. The summed E-state index contributed by atoms with van der Waals surface area (Å²) >= 11 is 0. The molecule has 1 amide bonds. The van der Waals surface area contributed by atoms with Gasteiger partial charge in [-0.3, -0.25) is 14.5 Å². The van der Waals surface area contributed by atoms with Gasteiger partial charge in [0.05, 0.1) is 5.54 Å². The number of rotatable bonds is 3. The monoisotopic (exact) mass is 284 g/mol. The molecule has 0 saturated heterocycles. The second-order valence-electron chi connectivity index (χ2n) is 6.50. The molecule has 0 atom stereocenters. The van der Waals surface area contributed by atoms with Crippen LogP contribution >= 0.6 is 0 Å². The Bertz CT molecular complexity index is 651. The summed E-state index contributed by atoms with van der Waals surface area (Å²) in [5.41, 5.74) is 2.26. The van der Waals surface area contributed by atoms with Crippen molar-refractivity contribution in [2.45, 2.75) is 45.1 Å². The zero-order chi connectivity index (χ0) is 15.0. The topological polar surface area (TPSA) is 59.8 Å². The van der Waals surface area contributed by atoms with E-state index in [-0.39, 0.29) is 11.4 Å². The number of pyridine rings is 1. The number of carbonyl (C=O) groups excluding carboxylic acids is 1. The minimum atomic E-state index is -0.175. The van der Waals surface area contributed by atoms with Gasteiger partial charge < -0.3 is 5.32 Å². The van der Waals surface area contributed by atoms with E-state index in [1.54, 1.807) is 24.5 Å². The highest BCUT2D eigenvalue weighted by molar-refractivity contribution is 6.02. The Morgan fingerprint density at radius 1 is 1.29 bits per heavy atom. The first kappa shape index (κ1) is 13.8. The number of hydrogen-bond donors (Lipinski definition) is 1. The van der Waals surface area contributed by atoms with E-state index in [0.29, 0.717) is 11.6 Å². The van der Waals surface area contributed by atoms with Gasteiger partial charge in [0, 0.05) is 29.7 Å². The number of nitrogens with zero attached hydrogens (tertiary/aromatic N) is 3. The van der Waals surface area contributed by atoms with E-state index in [0.717, 1.165) is 5.69 Å². The van der Waals surface area contributed by atoms with E-state index < -0.39 is 0 Å². The highest BCUT2D eigenvalue weighted by atomic mass is 16.1. The molecular formula is C16H20N4O. The minimum absolute atomic E-state index is 0.118. The summed E-state index contributed by atoms with van der Waals surface area (Å²) in [6.07, 6.45) is 5.68. The Hall–Kier alpha value is -2.17. The van der Waals surface area contributed by atoms with Crippen LogP contribution in [-0.4, -0.2) is 20.7 Å². The van der Waals surface area contributed by atoms with Gasteiger partial charge in [0.1, 0.15) is 0 Å². The van der Waals surface area contributed by atoms with Gasteiger partial charge in [-0.25, -0.2) is 0 Å². The first-order valence-electron chi connectivity index (χ1n) is 7.27. The lowest BCUT2D eigenvalue weighted by molar-refractivity contribution is 0.102. The van der Waals surface area contributed by atoms with Crippen LogP contribution in [0, 0.1) is 0 Å². The van der Waals surface area contributed by atoms with E-state index >= 15 is 0 Å². The first-order valence-corrected chi connectivity index (χ1v) is 7.27. The van der Waals surface area contributed by atoms with Crippen LogP contribution in [-0.2, 0) is 5.54 Å². The predicted octanol–water partition coefficient (Wildman–Crippen LogP) is 3.16. The van der Waals surface area contributed by atoms with Crippen LogP contribution in [0.1, 0.15) is 55.7 Å². The Morgan fingerprint density at radius 2 is 1.95 bits per heavy atom. The lowest BCUT2D eigenvalue weighted by Gasteiger charge is -2.22. The molecule has 1 aliphatic rings. The Balaban J connectivity index is 1.87. The number of hydrogen-bond acceptors (Lipinski definition) is 3. The molecule has 5 heteroatoms. The summed E-state index contributed by atoms with van der Waals surface area (Å²) in [6, 6.07) is 5.46. The lowest BCUT2D eigenvalue weighted by Crippen LogP contribution is -2.25. The summed E-state index contributed by atoms with van der Waals surface area (Å²) in [7, 11) is 0. The summed E-state index contributed by atoms with van der Waals surface area (Å²) in [5, 5.41) is 7.38. The molecule has 0 spiro atoms. The van der Waals surface area contributed by atoms with Crippen molar-refractivity contribution in [1.82, 2.24) is 14.8 Å². The molecule has 2 heterocycles. The molecule has 2 aromatic heterocycles. The van der Waals surface area contributed by atoms with Crippen LogP contribution in [0.4, 0.5) is 5.69 Å². The van der Waals surface area contributed by atoms with Crippen molar-refractivity contribution in [2.75, 3.05) is 5.32 Å². The normalized spacial score (nSPS) is 15.0. The van der Waals surface area contributed by atoms with Crippen LogP contribution < -0.4 is 5.32 Å². The summed E-state index contributed by atoms with van der Waals surface area (Å²) in [6.45, 7) is 6.32. The first-order chi connectivity index (χ1) is 9.95. The average Bonchev–Trinajstić information content (AvgIpc) is 3.16. The van der Waals surface area contributed by atoms with Crippen molar-refractivity contribution in [2.24, 2.45) is 0 Å². The molecule has 0 aliphatic heterocycles. The number of anilines is 1. The lowest BCUT2D eigenvalue weighted by atomic mass is 10.1. The van der Waals surface area contributed by atoms with E-state index in [1.165, 1.54) is 18.5 Å². The second kappa shape index (κ2) is 4.98. The molecule has 1 fully saturated rings. The molecule has 0 unspecified atom stereocenters. The standard InChI is InChI=1S/C16H20N4O/c1-16(2,3)20-14(11-4-5-11)10-13(19-20)15(21)18-12-6-8-17-9-7-12/h6-11H,4-5H2,1-3H3,(H,17,18,21). The fourth-order valence-corrected chi connectivity index (χ4v) is 2.34. The maximum Gasteiger partial charge on any atom is 0.276 e. The van der Waals surface area contributed by atoms with Crippen molar-refractivity contribution in [3.63, 3.8) is 0 Å². The molecule has 1 N–H and O–H groups in total. The Kier molecular flexibility index (Phi) is 3.27. The summed E-state index contributed by atoms with van der Waals surface area (Å²) in [4.78, 5) is 16.3. The van der Waals surface area contributed by atoms with Gasteiger partial charge in [-0.1, -0.05) is 0 Å². The van der Waals surface area contributed by atoms with Gasteiger partial charge >= 0.3 is 0 Å². The largest absolute Gasteiger partial charge is 0.320 e. The second-order valence-corrected chi connectivity index (χ2v) is 6.50. The third kappa shape index (κ3) is 2.96. The number of aromatic nitrogens is 3. The Morgan fingerprint density at radius 3 is 2.52 bits per heavy atom. The van der Waals surface area contributed by atoms with E-state index in [4.69, 9.17) is 0 Å². The Labute approximate surface area is 124 Å². The molecular weight excluding hydrogens is 264 g/mol. The maximum atomic E-state index is 12.3. The smallest absolute Gasteiger partial charge is 0.276 e. The number of amides is 1. The van der Waals surface area contributed by atoms with Crippen molar-refractivity contribution in [3.8, 4) is 0 Å². The zero-order valence-corrected chi connectivity index (χ0v) is 12.6. The predicted molar refractivity (Wildman–Crippen MR) is 81.4 cm³/mol. The highest BCUT2D eigenvalue weighted by Gasteiger charge is 2.32. The molecule has 21 heavy (non-hydrogen) atoms. The fraction of sp³-hybridized carbons (Fsp3) is 0.438. The molecule has 0 radical (unpaired) electrons. The molecule has 0 aromatic carbocycles. The third-order valence-electron chi connectivity index (χ3n) is 3.54. The van der Waals surface area contributed by atoms with Gasteiger partial charge in [-0.05, 0) is 51.8 Å².